The summed E-state index contributed by atoms with van der Waals surface area (Å²) in [6.07, 6.45) is 1.49. The summed E-state index contributed by atoms with van der Waals surface area (Å²) >= 11 is 0. The molecule has 1 radical (unpaired) electrons. The maximum atomic E-state index is 11.1. The predicted octanol–water partition coefficient (Wildman–Crippen LogP) is -1.26. The van der Waals surface area contributed by atoms with Gasteiger partial charge in [-0.1, -0.05) is 0 Å². The summed E-state index contributed by atoms with van der Waals surface area (Å²) < 4.78 is 0. The van der Waals surface area contributed by atoms with Crippen molar-refractivity contribution in [1.82, 2.24) is 10.2 Å². The molecule has 0 aromatic rings. The van der Waals surface area contributed by atoms with Crippen molar-refractivity contribution < 1.29 is 14.7 Å². The fourth-order valence-electron chi connectivity index (χ4n) is 0.955. The van der Waals surface area contributed by atoms with Crippen molar-refractivity contribution in [3.63, 3.8) is 0 Å². The normalized spacial score (nSPS) is 17.0. The first-order chi connectivity index (χ1) is 6.15. The molecule has 6 nitrogen and oxygen atoms in total. The molecule has 0 aromatic carbocycles. The van der Waals surface area contributed by atoms with Crippen molar-refractivity contribution in [2.45, 2.75) is 6.42 Å². The average Bonchev–Trinajstić information content (AvgIpc) is 2.02. The first kappa shape index (κ1) is 9.53. The van der Waals surface area contributed by atoms with E-state index in [0.717, 1.165) is 11.0 Å². The van der Waals surface area contributed by atoms with Crippen LogP contribution in [0.15, 0.2) is 11.9 Å². The summed E-state index contributed by atoms with van der Waals surface area (Å²) in [6, 6.07) is -0.668. The molecule has 1 aliphatic rings. The molecule has 13 heavy (non-hydrogen) atoms. The highest BCUT2D eigenvalue weighted by molar-refractivity contribution is 6.03. The van der Waals surface area contributed by atoms with Crippen molar-refractivity contribution in [3.8, 4) is 0 Å². The molecule has 0 bridgehead atoms. The number of nitrogens with zero attached hydrogens (tertiary/aromatic N) is 2. The molecule has 3 amide bonds. The molecule has 71 valence electrons. The maximum Gasteiger partial charge on any atom is 0.352 e. The quantitative estimate of drug-likeness (QED) is 0.571. The Balaban J connectivity index is 2.66. The van der Waals surface area contributed by atoms with Gasteiger partial charge in [-0.25, -0.2) is 4.79 Å². The van der Waals surface area contributed by atoms with Crippen LogP contribution in [0, 0.1) is 0 Å². The zero-order valence-electron chi connectivity index (χ0n) is 6.93. The molecule has 0 atom stereocenters. The Hall–Kier alpha value is -1.56. The zero-order chi connectivity index (χ0) is 9.84. The van der Waals surface area contributed by atoms with E-state index in [9.17, 15) is 9.59 Å². The van der Waals surface area contributed by atoms with Gasteiger partial charge in [-0.3, -0.25) is 9.69 Å². The highest BCUT2D eigenvalue weighted by atomic mass is 16.3. The second-order valence-corrected chi connectivity index (χ2v) is 2.53. The van der Waals surface area contributed by atoms with E-state index in [-0.39, 0.29) is 19.0 Å². The number of aliphatic hydroxyl groups is 1. The van der Waals surface area contributed by atoms with Crippen molar-refractivity contribution in [2.75, 3.05) is 13.2 Å². The summed E-state index contributed by atoms with van der Waals surface area (Å²) in [5.41, 5.74) is 5.40. The summed E-state index contributed by atoms with van der Waals surface area (Å²) in [5.74, 6) is -0.554. The SMILES string of the molecule is NC1=CC(=O)[N]C(=O)N1CCCO. The largest absolute Gasteiger partial charge is 0.396 e. The minimum absolute atomic E-state index is 0.0367. The van der Waals surface area contributed by atoms with Crippen LogP contribution >= 0.6 is 0 Å². The van der Waals surface area contributed by atoms with Crippen LogP contribution in [0.5, 0.6) is 0 Å². The van der Waals surface area contributed by atoms with Crippen molar-refractivity contribution in [1.29, 1.82) is 0 Å². The number of hydrogen-bond donors (Lipinski definition) is 2. The third-order valence-electron chi connectivity index (χ3n) is 1.56. The van der Waals surface area contributed by atoms with Crippen LogP contribution in [0.25, 0.3) is 0 Å². The lowest BCUT2D eigenvalue weighted by molar-refractivity contribution is -0.116. The molecular formula is C7H10N3O3. The van der Waals surface area contributed by atoms with E-state index in [2.05, 4.69) is 5.32 Å². The number of carbonyl (C=O) groups is 2. The number of imide groups is 1. The van der Waals surface area contributed by atoms with Gasteiger partial charge in [0.05, 0.1) is 0 Å². The van der Waals surface area contributed by atoms with Crippen molar-refractivity contribution in [3.05, 3.63) is 11.9 Å². The molecule has 3 N–H and O–H groups in total. The molecule has 0 aliphatic carbocycles. The van der Waals surface area contributed by atoms with Crippen LogP contribution in [-0.4, -0.2) is 35.1 Å². The van der Waals surface area contributed by atoms with E-state index in [1.54, 1.807) is 0 Å². The second-order valence-electron chi connectivity index (χ2n) is 2.53. The standard InChI is InChI=1S/C7H10N3O3/c8-5-4-6(12)9-7(13)10(5)2-1-3-11/h4,11H,1-3,8H2. The first-order valence-corrected chi connectivity index (χ1v) is 3.80. The summed E-state index contributed by atoms with van der Waals surface area (Å²) in [6.45, 7) is 0.236. The fraction of sp³-hybridized carbons (Fsp3) is 0.429. The third kappa shape index (κ3) is 2.19. The average molecular weight is 184 g/mol. The topological polar surface area (TPSA) is 97.7 Å². The number of amides is 3. The van der Waals surface area contributed by atoms with Gasteiger partial charge >= 0.3 is 6.03 Å². The molecule has 1 heterocycles. The van der Waals surface area contributed by atoms with Crippen LogP contribution in [-0.2, 0) is 4.79 Å². The molecule has 0 unspecified atom stereocenters. The summed E-state index contributed by atoms with van der Waals surface area (Å²) in [7, 11) is 0. The van der Waals surface area contributed by atoms with Crippen LogP contribution in [0.2, 0.25) is 0 Å². The van der Waals surface area contributed by atoms with E-state index < -0.39 is 11.9 Å². The van der Waals surface area contributed by atoms with Crippen molar-refractivity contribution >= 4 is 11.9 Å². The van der Waals surface area contributed by atoms with E-state index in [4.69, 9.17) is 10.8 Å². The zero-order valence-corrected chi connectivity index (χ0v) is 6.93. The lowest BCUT2D eigenvalue weighted by Crippen LogP contribution is -2.44. The van der Waals surface area contributed by atoms with Gasteiger partial charge in [-0.2, -0.15) is 5.32 Å². The minimum Gasteiger partial charge on any atom is -0.396 e. The number of nitrogens with two attached hydrogens (primary N) is 1. The molecule has 0 spiro atoms. The molecule has 0 fully saturated rings. The van der Waals surface area contributed by atoms with Gasteiger partial charge < -0.3 is 10.8 Å². The molecule has 1 rings (SSSR count). The van der Waals surface area contributed by atoms with E-state index in [1.807, 2.05) is 0 Å². The predicted molar refractivity (Wildman–Crippen MR) is 43.2 cm³/mol. The van der Waals surface area contributed by atoms with Crippen molar-refractivity contribution in [2.24, 2.45) is 5.73 Å². The second kappa shape index (κ2) is 3.90. The molecule has 6 heteroatoms. The Kier molecular flexibility index (Phi) is 2.86. The van der Waals surface area contributed by atoms with Gasteiger partial charge in [-0.15, -0.1) is 0 Å². The van der Waals surface area contributed by atoms with E-state index in [0.29, 0.717) is 6.42 Å². The number of carbonyl (C=O) groups excluding carboxylic acids is 2. The van der Waals surface area contributed by atoms with Crippen LogP contribution in [0.1, 0.15) is 6.42 Å². The van der Waals surface area contributed by atoms with Gasteiger partial charge in [0.2, 0.25) is 0 Å². The molecule has 1 aliphatic heterocycles. The van der Waals surface area contributed by atoms with Crippen LogP contribution in [0.4, 0.5) is 4.79 Å². The number of rotatable bonds is 3. The van der Waals surface area contributed by atoms with Gasteiger partial charge in [0.1, 0.15) is 5.82 Å². The Bertz CT molecular complexity index is 262. The van der Waals surface area contributed by atoms with Crippen LogP contribution in [0.3, 0.4) is 0 Å². The number of urea groups is 1. The fourth-order valence-corrected chi connectivity index (χ4v) is 0.955. The Labute approximate surface area is 75.0 Å². The molecule has 0 saturated carbocycles. The van der Waals surface area contributed by atoms with Gasteiger partial charge in [0.15, 0.2) is 0 Å². The summed E-state index contributed by atoms with van der Waals surface area (Å²) in [4.78, 5) is 22.9. The number of hydrogen-bond acceptors (Lipinski definition) is 4. The van der Waals surface area contributed by atoms with Gasteiger partial charge in [0.25, 0.3) is 5.91 Å². The Morgan fingerprint density at radius 1 is 1.54 bits per heavy atom. The highest BCUT2D eigenvalue weighted by Crippen LogP contribution is 2.05. The van der Waals surface area contributed by atoms with Gasteiger partial charge in [0, 0.05) is 19.2 Å². The Morgan fingerprint density at radius 3 is 2.77 bits per heavy atom. The van der Waals surface area contributed by atoms with E-state index >= 15 is 0 Å². The lowest BCUT2D eigenvalue weighted by Gasteiger charge is -2.23. The molecular weight excluding hydrogens is 174 g/mol. The third-order valence-corrected chi connectivity index (χ3v) is 1.56. The monoisotopic (exact) mass is 184 g/mol. The maximum absolute atomic E-state index is 11.1. The minimum atomic E-state index is -0.668. The number of aliphatic hydroxyl groups excluding tert-OH is 1. The molecule has 0 saturated heterocycles. The Morgan fingerprint density at radius 2 is 2.23 bits per heavy atom. The summed E-state index contributed by atoms with van der Waals surface area (Å²) in [5, 5.41) is 11.7. The smallest absolute Gasteiger partial charge is 0.352 e. The van der Waals surface area contributed by atoms with E-state index in [1.165, 1.54) is 0 Å². The first-order valence-electron chi connectivity index (χ1n) is 3.80. The highest BCUT2D eigenvalue weighted by Gasteiger charge is 2.24. The molecule has 0 aromatic heterocycles. The van der Waals surface area contributed by atoms with Gasteiger partial charge in [-0.05, 0) is 6.42 Å². The lowest BCUT2D eigenvalue weighted by atomic mass is 10.3. The van der Waals surface area contributed by atoms with Crippen LogP contribution < -0.4 is 11.1 Å².